The summed E-state index contributed by atoms with van der Waals surface area (Å²) in [6, 6.07) is 1.86. The molecule has 1 atom stereocenters. The fraction of sp³-hybridized carbons (Fsp3) is 0.500. The monoisotopic (exact) mass is 254 g/mol. The predicted octanol–water partition coefficient (Wildman–Crippen LogP) is 1.76. The van der Waals surface area contributed by atoms with Gasteiger partial charge in [0.25, 0.3) is 0 Å². The van der Waals surface area contributed by atoms with Crippen molar-refractivity contribution in [3.63, 3.8) is 0 Å². The van der Waals surface area contributed by atoms with E-state index in [1.54, 1.807) is 6.20 Å². The Morgan fingerprint density at radius 3 is 2.71 bits per heavy atom. The van der Waals surface area contributed by atoms with Crippen molar-refractivity contribution in [3.05, 3.63) is 29.1 Å². The van der Waals surface area contributed by atoms with Crippen LogP contribution in [0.3, 0.4) is 0 Å². The van der Waals surface area contributed by atoms with E-state index in [-0.39, 0.29) is 11.4 Å². The number of aryl methyl sites for hydroxylation is 1. The molecule has 0 radical (unpaired) electrons. The quantitative estimate of drug-likeness (QED) is 0.836. The molecule has 4 nitrogen and oxygen atoms in total. The second-order valence-electron chi connectivity index (χ2n) is 4.80. The largest absolute Gasteiger partial charge is 0.390 e. The normalized spacial score (nSPS) is 14.2. The molecular weight excluding hydrogens is 236 g/mol. The van der Waals surface area contributed by atoms with E-state index in [4.69, 9.17) is 5.11 Å². The molecule has 0 aliphatic heterocycles. The van der Waals surface area contributed by atoms with Crippen LogP contribution in [0.5, 0.6) is 0 Å². The van der Waals surface area contributed by atoms with E-state index >= 15 is 0 Å². The van der Waals surface area contributed by atoms with Crippen molar-refractivity contribution in [1.29, 1.82) is 0 Å². The Morgan fingerprint density at radius 1 is 1.53 bits per heavy atom. The molecule has 1 N–H and O–H groups in total. The summed E-state index contributed by atoms with van der Waals surface area (Å²) in [7, 11) is -1.29. The Hall–Kier alpha value is -1.07. The number of nitrogens with zero attached hydrogens (tertiary/aromatic N) is 2. The number of aliphatic hydroxyl groups excluding tert-OH is 1. The maximum Gasteiger partial charge on any atom is 0.144 e. The van der Waals surface area contributed by atoms with E-state index in [0.717, 1.165) is 5.56 Å². The van der Waals surface area contributed by atoms with Gasteiger partial charge < -0.3 is 5.11 Å². The molecule has 0 aliphatic rings. The van der Waals surface area contributed by atoms with Crippen molar-refractivity contribution < 1.29 is 9.32 Å². The Labute approximate surface area is 104 Å². The van der Waals surface area contributed by atoms with E-state index < -0.39 is 11.0 Å². The van der Waals surface area contributed by atoms with Crippen LogP contribution in [0.1, 0.15) is 37.6 Å². The Morgan fingerprint density at radius 2 is 2.18 bits per heavy atom. The van der Waals surface area contributed by atoms with Crippen molar-refractivity contribution in [1.82, 2.24) is 4.98 Å². The molecule has 5 heteroatoms. The van der Waals surface area contributed by atoms with Crippen LogP contribution in [0.4, 0.5) is 0 Å². The second-order valence-corrected chi connectivity index (χ2v) is 6.74. The highest BCUT2D eigenvalue weighted by Gasteiger charge is 2.18. The molecule has 1 rings (SSSR count). The van der Waals surface area contributed by atoms with E-state index in [9.17, 15) is 4.21 Å². The number of hydrogen-bond donors (Lipinski definition) is 1. The zero-order valence-electron chi connectivity index (χ0n) is 10.6. The predicted molar refractivity (Wildman–Crippen MR) is 70.4 cm³/mol. The van der Waals surface area contributed by atoms with E-state index in [1.165, 1.54) is 6.21 Å². The van der Waals surface area contributed by atoms with Crippen LogP contribution in [-0.4, -0.2) is 25.3 Å². The molecule has 0 aliphatic carbocycles. The third-order valence-electron chi connectivity index (χ3n) is 2.10. The molecule has 1 aromatic heterocycles. The van der Waals surface area contributed by atoms with Crippen molar-refractivity contribution >= 4 is 17.2 Å². The highest BCUT2D eigenvalue weighted by Crippen LogP contribution is 2.13. The third kappa shape index (κ3) is 4.02. The van der Waals surface area contributed by atoms with Gasteiger partial charge in [-0.2, -0.15) is 4.40 Å². The minimum absolute atomic E-state index is 0.149. The average Bonchev–Trinajstić information content (AvgIpc) is 2.24. The molecular formula is C12H18N2O2S. The van der Waals surface area contributed by atoms with Gasteiger partial charge in [0.2, 0.25) is 0 Å². The third-order valence-corrected chi connectivity index (χ3v) is 3.45. The number of aromatic nitrogens is 1. The lowest BCUT2D eigenvalue weighted by Crippen LogP contribution is -2.19. The lowest BCUT2D eigenvalue weighted by atomic mass is 10.1. The van der Waals surface area contributed by atoms with Crippen LogP contribution in [0.2, 0.25) is 0 Å². The Kier molecular flexibility index (Phi) is 4.54. The molecule has 0 saturated heterocycles. The average molecular weight is 254 g/mol. The van der Waals surface area contributed by atoms with Crippen LogP contribution in [0, 0.1) is 6.92 Å². The molecule has 0 aromatic carbocycles. The van der Waals surface area contributed by atoms with Gasteiger partial charge in [-0.05, 0) is 39.3 Å². The first-order valence-corrected chi connectivity index (χ1v) is 6.47. The number of hydrogen-bond acceptors (Lipinski definition) is 3. The van der Waals surface area contributed by atoms with Gasteiger partial charge in [0.1, 0.15) is 11.0 Å². The zero-order valence-corrected chi connectivity index (χ0v) is 11.4. The summed E-state index contributed by atoms with van der Waals surface area (Å²) >= 11 is 0. The molecule has 94 valence electrons. The van der Waals surface area contributed by atoms with E-state index in [2.05, 4.69) is 9.38 Å². The van der Waals surface area contributed by atoms with Gasteiger partial charge in [-0.15, -0.1) is 0 Å². The molecule has 0 bridgehead atoms. The highest BCUT2D eigenvalue weighted by molar-refractivity contribution is 7.85. The fourth-order valence-corrected chi connectivity index (χ4v) is 1.65. The van der Waals surface area contributed by atoms with Crippen molar-refractivity contribution in [3.8, 4) is 0 Å². The summed E-state index contributed by atoms with van der Waals surface area (Å²) in [6.07, 6.45) is 3.20. The van der Waals surface area contributed by atoms with Gasteiger partial charge >= 0.3 is 0 Å². The first-order chi connectivity index (χ1) is 7.84. The van der Waals surface area contributed by atoms with Gasteiger partial charge in [0, 0.05) is 18.0 Å². The summed E-state index contributed by atoms with van der Waals surface area (Å²) < 4.78 is 15.4. The Balaban J connectivity index is 2.98. The second kappa shape index (κ2) is 5.51. The number of aliphatic hydroxyl groups is 1. The van der Waals surface area contributed by atoms with Gasteiger partial charge in [-0.1, -0.05) is 0 Å². The molecule has 0 saturated carbocycles. The van der Waals surface area contributed by atoms with Crippen LogP contribution in [0.15, 0.2) is 16.7 Å². The minimum Gasteiger partial charge on any atom is -0.390 e. The summed E-state index contributed by atoms with van der Waals surface area (Å²) in [5.74, 6) is 0. The molecule has 1 heterocycles. The van der Waals surface area contributed by atoms with Gasteiger partial charge in [0.15, 0.2) is 0 Å². The molecule has 17 heavy (non-hydrogen) atoms. The topological polar surface area (TPSA) is 62.6 Å². The van der Waals surface area contributed by atoms with Crippen molar-refractivity contribution in [2.24, 2.45) is 4.40 Å². The SMILES string of the molecule is Cc1cnc(CO)c(C=N[S@](=O)C(C)(C)C)c1. The molecule has 0 unspecified atom stereocenters. The van der Waals surface area contributed by atoms with Gasteiger partial charge in [-0.25, -0.2) is 4.21 Å². The lowest BCUT2D eigenvalue weighted by molar-refractivity contribution is 0.276. The fourth-order valence-electron chi connectivity index (χ4n) is 1.13. The first kappa shape index (κ1) is 14.0. The maximum absolute atomic E-state index is 11.8. The van der Waals surface area contributed by atoms with Crippen LogP contribution < -0.4 is 0 Å². The summed E-state index contributed by atoms with van der Waals surface area (Å²) in [5, 5.41) is 9.13. The Bertz CT molecular complexity index is 450. The number of rotatable bonds is 3. The summed E-state index contributed by atoms with van der Waals surface area (Å²) in [6.45, 7) is 7.35. The van der Waals surface area contributed by atoms with Crippen LogP contribution in [-0.2, 0) is 17.6 Å². The lowest BCUT2D eigenvalue weighted by Gasteiger charge is -2.12. The molecule has 0 amide bonds. The first-order valence-electron chi connectivity index (χ1n) is 5.37. The van der Waals surface area contributed by atoms with Crippen LogP contribution >= 0.6 is 0 Å². The molecule has 1 aromatic rings. The summed E-state index contributed by atoms with van der Waals surface area (Å²) in [4.78, 5) is 4.10. The standard InChI is InChI=1S/C12H18N2O2S/c1-9-5-10(11(8-15)13-6-9)7-14-17(16)12(2,3)4/h5-7,15H,8H2,1-4H3/t17-/m1/s1. The van der Waals surface area contributed by atoms with Crippen molar-refractivity contribution in [2.75, 3.05) is 0 Å². The van der Waals surface area contributed by atoms with Crippen LogP contribution in [0.25, 0.3) is 0 Å². The molecule has 0 spiro atoms. The smallest absolute Gasteiger partial charge is 0.144 e. The maximum atomic E-state index is 11.8. The highest BCUT2D eigenvalue weighted by atomic mass is 32.2. The number of pyridine rings is 1. The van der Waals surface area contributed by atoms with Gasteiger partial charge in [-0.3, -0.25) is 4.98 Å². The van der Waals surface area contributed by atoms with E-state index in [0.29, 0.717) is 11.3 Å². The van der Waals surface area contributed by atoms with E-state index in [1.807, 2.05) is 33.8 Å². The zero-order chi connectivity index (χ0) is 13.1. The summed E-state index contributed by atoms with van der Waals surface area (Å²) in [5.41, 5.74) is 2.24. The van der Waals surface area contributed by atoms with Crippen molar-refractivity contribution in [2.45, 2.75) is 39.0 Å². The van der Waals surface area contributed by atoms with Gasteiger partial charge in [0.05, 0.1) is 17.0 Å². The molecule has 0 fully saturated rings. The minimum atomic E-state index is -1.29.